The smallest absolute Gasteiger partial charge is 0.143 e. The highest BCUT2D eigenvalue weighted by Gasteiger charge is 2.16. The third-order valence-corrected chi connectivity index (χ3v) is 10.4. The van der Waals surface area contributed by atoms with Crippen LogP contribution in [0, 0.1) is 13.8 Å². The van der Waals surface area contributed by atoms with E-state index in [-0.39, 0.29) is 0 Å². The maximum absolute atomic E-state index is 6.38. The molecule has 0 saturated carbocycles. The lowest BCUT2D eigenvalue weighted by Gasteiger charge is -2.15. The van der Waals surface area contributed by atoms with Crippen molar-refractivity contribution in [1.29, 1.82) is 0 Å². The van der Waals surface area contributed by atoms with Crippen molar-refractivity contribution in [2.75, 3.05) is 0 Å². The van der Waals surface area contributed by atoms with E-state index < -0.39 is 0 Å². The molecule has 0 unspecified atom stereocenters. The van der Waals surface area contributed by atoms with Crippen molar-refractivity contribution in [3.05, 3.63) is 169 Å². The summed E-state index contributed by atoms with van der Waals surface area (Å²) in [4.78, 5) is 10.3. The highest BCUT2D eigenvalue weighted by Crippen LogP contribution is 2.39. The maximum atomic E-state index is 6.38. The van der Waals surface area contributed by atoms with Crippen LogP contribution in [-0.4, -0.2) is 9.97 Å². The minimum Gasteiger partial charge on any atom is -0.455 e. The maximum Gasteiger partial charge on any atom is 0.143 e. The molecule has 0 N–H and O–H groups in total. The van der Waals surface area contributed by atoms with Crippen molar-refractivity contribution in [1.82, 2.24) is 9.97 Å². The molecule has 0 fully saturated rings. The van der Waals surface area contributed by atoms with Crippen LogP contribution in [0.1, 0.15) is 11.1 Å². The highest BCUT2D eigenvalue weighted by atomic mass is 16.3. The van der Waals surface area contributed by atoms with Gasteiger partial charge in [-0.25, -0.2) is 4.98 Å². The molecule has 2 heterocycles. The van der Waals surface area contributed by atoms with Crippen molar-refractivity contribution in [2.24, 2.45) is 0 Å². The fourth-order valence-corrected chi connectivity index (χ4v) is 7.88. The van der Waals surface area contributed by atoms with E-state index in [1.807, 2.05) is 18.3 Å². The van der Waals surface area contributed by atoms with Gasteiger partial charge < -0.3 is 4.42 Å². The zero-order chi connectivity index (χ0) is 34.1. The van der Waals surface area contributed by atoms with Gasteiger partial charge in [-0.3, -0.25) is 4.98 Å². The van der Waals surface area contributed by atoms with Crippen LogP contribution >= 0.6 is 0 Å². The largest absolute Gasteiger partial charge is 0.455 e. The summed E-state index contributed by atoms with van der Waals surface area (Å²) in [7, 11) is 0. The first-order valence-electron chi connectivity index (χ1n) is 17.4. The van der Waals surface area contributed by atoms with E-state index in [0.717, 1.165) is 71.7 Å². The topological polar surface area (TPSA) is 38.9 Å². The molecule has 240 valence electrons. The molecule has 10 aromatic rings. The number of rotatable bonds is 4. The van der Waals surface area contributed by atoms with Crippen molar-refractivity contribution < 1.29 is 4.42 Å². The van der Waals surface area contributed by atoms with Crippen LogP contribution in [0.4, 0.5) is 0 Å². The number of hydrogen-bond acceptors (Lipinski definition) is 3. The van der Waals surface area contributed by atoms with Gasteiger partial charge in [-0.05, 0) is 81.8 Å². The first-order valence-corrected chi connectivity index (χ1v) is 17.4. The van der Waals surface area contributed by atoms with E-state index in [2.05, 4.69) is 153 Å². The van der Waals surface area contributed by atoms with E-state index in [4.69, 9.17) is 14.4 Å². The van der Waals surface area contributed by atoms with Gasteiger partial charge in [0.25, 0.3) is 0 Å². The van der Waals surface area contributed by atoms with Gasteiger partial charge in [-0.15, -0.1) is 0 Å². The van der Waals surface area contributed by atoms with Crippen LogP contribution in [-0.2, 0) is 0 Å². The van der Waals surface area contributed by atoms with E-state index in [1.165, 1.54) is 38.6 Å². The molecule has 0 aliphatic heterocycles. The molecule has 0 spiro atoms. The highest BCUT2D eigenvalue weighted by molar-refractivity contribution is 6.23. The number of hydrogen-bond donors (Lipinski definition) is 0. The second-order valence-corrected chi connectivity index (χ2v) is 13.5. The molecule has 0 radical (unpaired) electrons. The Morgan fingerprint density at radius 2 is 0.922 bits per heavy atom. The van der Waals surface area contributed by atoms with Gasteiger partial charge in [0.05, 0.1) is 22.9 Å². The Morgan fingerprint density at radius 3 is 1.61 bits per heavy atom. The lowest BCUT2D eigenvalue weighted by molar-refractivity contribution is 0.670. The number of nitrogens with zero attached hydrogens (tertiary/aromatic N) is 2. The monoisotopic (exact) mass is 652 g/mol. The molecular weight excluding hydrogens is 621 g/mol. The molecular formula is C48H32N2O. The van der Waals surface area contributed by atoms with Crippen molar-refractivity contribution in [3.8, 4) is 44.6 Å². The third-order valence-electron chi connectivity index (χ3n) is 10.4. The summed E-state index contributed by atoms with van der Waals surface area (Å²) in [6.45, 7) is 4.41. The summed E-state index contributed by atoms with van der Waals surface area (Å²) in [5, 5.41) is 6.94. The molecule has 2 aromatic heterocycles. The molecule has 10 rings (SSSR count). The molecule has 8 aromatic carbocycles. The van der Waals surface area contributed by atoms with Crippen LogP contribution in [0.3, 0.4) is 0 Å². The van der Waals surface area contributed by atoms with Crippen LogP contribution in [0.25, 0.3) is 99.2 Å². The number of aromatic nitrogens is 2. The quantitative estimate of drug-likeness (QED) is 0.178. The molecule has 0 saturated heterocycles. The predicted octanol–water partition coefficient (Wildman–Crippen LogP) is 13.1. The molecule has 0 aliphatic carbocycles. The van der Waals surface area contributed by atoms with Gasteiger partial charge in [-0.2, -0.15) is 0 Å². The van der Waals surface area contributed by atoms with Crippen molar-refractivity contribution in [3.63, 3.8) is 0 Å². The summed E-state index contributed by atoms with van der Waals surface area (Å²) < 4.78 is 6.38. The normalized spacial score (nSPS) is 11.7. The van der Waals surface area contributed by atoms with Gasteiger partial charge in [0.15, 0.2) is 0 Å². The standard InChI is InChI=1S/C48H32N2O/c1-29-25-43(30(2)24-42(29)32-13-9-12-31(26-32)35-21-11-22-41-38-18-7-8-23-45(38)51-48(35)41)33-14-10-15-34(27-33)44-28-49-46-39-19-5-3-16-36(39)37-17-4-6-20-40(37)47(46)50-44/h3-28H,1-2H3. The minimum absolute atomic E-state index is 0.868. The number of benzene rings is 8. The zero-order valence-corrected chi connectivity index (χ0v) is 28.3. The first kappa shape index (κ1) is 29.3. The lowest BCUT2D eigenvalue weighted by Crippen LogP contribution is -1.93. The third kappa shape index (κ3) is 4.74. The Morgan fingerprint density at radius 1 is 0.412 bits per heavy atom. The summed E-state index contributed by atoms with van der Waals surface area (Å²) >= 11 is 0. The molecule has 0 amide bonds. The molecule has 51 heavy (non-hydrogen) atoms. The first-order chi connectivity index (χ1) is 25.1. The van der Waals surface area contributed by atoms with Gasteiger partial charge in [0, 0.05) is 32.7 Å². The SMILES string of the molecule is Cc1cc(-c2cccc(-c3cccc4c3oc3ccccc34)c2)c(C)cc1-c1cccc(-c2cnc3c4ccccc4c4ccccc4c3n2)c1. The molecule has 3 nitrogen and oxygen atoms in total. The Hall–Kier alpha value is -6.58. The molecule has 0 bridgehead atoms. The second kappa shape index (κ2) is 11.5. The fourth-order valence-electron chi connectivity index (χ4n) is 7.88. The van der Waals surface area contributed by atoms with Crippen LogP contribution in [0.15, 0.2) is 162 Å². The number of para-hydroxylation sites is 2. The van der Waals surface area contributed by atoms with Gasteiger partial charge in [-0.1, -0.05) is 133 Å². The molecule has 0 aliphatic rings. The Bertz CT molecular complexity index is 2970. The van der Waals surface area contributed by atoms with Gasteiger partial charge >= 0.3 is 0 Å². The number of furan rings is 1. The van der Waals surface area contributed by atoms with Crippen LogP contribution in [0.2, 0.25) is 0 Å². The Labute approximate surface area is 295 Å². The lowest BCUT2D eigenvalue weighted by atomic mass is 9.90. The average Bonchev–Trinajstić information content (AvgIpc) is 3.58. The Balaban J connectivity index is 1.03. The van der Waals surface area contributed by atoms with Crippen molar-refractivity contribution >= 4 is 54.5 Å². The predicted molar refractivity (Wildman–Crippen MR) is 213 cm³/mol. The van der Waals surface area contributed by atoms with E-state index in [9.17, 15) is 0 Å². The van der Waals surface area contributed by atoms with Crippen LogP contribution < -0.4 is 0 Å². The summed E-state index contributed by atoms with van der Waals surface area (Å²) in [6, 6.07) is 53.8. The van der Waals surface area contributed by atoms with Gasteiger partial charge in [0.2, 0.25) is 0 Å². The van der Waals surface area contributed by atoms with E-state index in [1.54, 1.807) is 0 Å². The van der Waals surface area contributed by atoms with Crippen LogP contribution in [0.5, 0.6) is 0 Å². The zero-order valence-electron chi connectivity index (χ0n) is 28.3. The fraction of sp³-hybridized carbons (Fsp3) is 0.0417. The number of fused-ring (bicyclic) bond motifs is 9. The van der Waals surface area contributed by atoms with E-state index in [0.29, 0.717) is 0 Å². The van der Waals surface area contributed by atoms with Gasteiger partial charge in [0.1, 0.15) is 11.2 Å². The molecule has 3 heteroatoms. The minimum atomic E-state index is 0.868. The van der Waals surface area contributed by atoms with Crippen molar-refractivity contribution in [2.45, 2.75) is 13.8 Å². The number of aryl methyl sites for hydroxylation is 2. The summed E-state index contributed by atoms with van der Waals surface area (Å²) in [5.41, 5.74) is 15.1. The van der Waals surface area contributed by atoms with E-state index >= 15 is 0 Å². The average molecular weight is 653 g/mol. The summed E-state index contributed by atoms with van der Waals surface area (Å²) in [6.07, 6.45) is 1.92. The molecule has 0 atom stereocenters. The summed E-state index contributed by atoms with van der Waals surface area (Å²) in [5.74, 6) is 0. The second-order valence-electron chi connectivity index (χ2n) is 13.5. The Kier molecular flexibility index (Phi) is 6.62.